The van der Waals surface area contributed by atoms with Crippen molar-refractivity contribution in [1.82, 2.24) is 25.1 Å². The topological polar surface area (TPSA) is 57.5 Å². The number of nitrogens with one attached hydrogen (secondary N) is 2. The van der Waals surface area contributed by atoms with E-state index in [9.17, 15) is 0 Å². The lowest BCUT2D eigenvalue weighted by Crippen LogP contribution is -2.36. The van der Waals surface area contributed by atoms with Crippen molar-refractivity contribution >= 4 is 29.9 Å². The highest BCUT2D eigenvalue weighted by atomic mass is 127. The molecule has 3 aromatic rings. The fraction of sp³-hybridized carbons (Fsp3) is 0.360. The summed E-state index contributed by atoms with van der Waals surface area (Å²) in [6.07, 6.45) is 8.31. The van der Waals surface area contributed by atoms with Crippen LogP contribution in [0, 0.1) is 0 Å². The Labute approximate surface area is 208 Å². The number of benzene rings is 2. The van der Waals surface area contributed by atoms with Crippen molar-refractivity contribution in [2.75, 3.05) is 20.1 Å². The van der Waals surface area contributed by atoms with Gasteiger partial charge in [0.2, 0.25) is 0 Å². The molecular weight excluding hydrogens is 511 g/mol. The average Bonchev–Trinajstić information content (AvgIpc) is 3.50. The maximum absolute atomic E-state index is 4.36. The average molecular weight is 544 g/mol. The van der Waals surface area contributed by atoms with Gasteiger partial charge >= 0.3 is 0 Å². The molecule has 0 amide bonds. The zero-order valence-corrected chi connectivity index (χ0v) is 21.0. The van der Waals surface area contributed by atoms with Crippen LogP contribution in [0.5, 0.6) is 0 Å². The number of rotatable bonds is 8. The first-order valence-electron chi connectivity index (χ1n) is 11.1. The van der Waals surface area contributed by atoms with Gasteiger partial charge in [-0.05, 0) is 48.2 Å². The zero-order valence-electron chi connectivity index (χ0n) is 18.7. The fourth-order valence-electron chi connectivity index (χ4n) is 3.98. The Hall–Kier alpha value is -2.39. The van der Waals surface area contributed by atoms with Gasteiger partial charge in [-0.15, -0.1) is 24.0 Å². The predicted octanol–water partition coefficient (Wildman–Crippen LogP) is 4.01. The summed E-state index contributed by atoms with van der Waals surface area (Å²) in [5.41, 5.74) is 5.14. The number of imidazole rings is 1. The number of guanidine groups is 1. The first-order chi connectivity index (χ1) is 15.3. The third-order valence-corrected chi connectivity index (χ3v) is 5.69. The molecule has 0 radical (unpaired) electrons. The predicted molar refractivity (Wildman–Crippen MR) is 141 cm³/mol. The normalized spacial score (nSPS) is 14.2. The first-order valence-corrected chi connectivity index (χ1v) is 11.1. The molecule has 2 heterocycles. The molecule has 6 nitrogen and oxygen atoms in total. The van der Waals surface area contributed by atoms with Crippen molar-refractivity contribution in [2.24, 2.45) is 4.99 Å². The molecule has 0 saturated carbocycles. The van der Waals surface area contributed by atoms with Gasteiger partial charge in [0.05, 0.1) is 6.33 Å². The van der Waals surface area contributed by atoms with Crippen LogP contribution in [0.15, 0.2) is 72.2 Å². The van der Waals surface area contributed by atoms with Crippen LogP contribution in [-0.2, 0) is 26.2 Å². The van der Waals surface area contributed by atoms with E-state index in [-0.39, 0.29) is 24.0 Å². The largest absolute Gasteiger partial charge is 0.352 e. The number of aromatic nitrogens is 2. The Bertz CT molecular complexity index is 962. The molecular formula is C25H33IN6. The van der Waals surface area contributed by atoms with Gasteiger partial charge in [-0.1, -0.05) is 48.5 Å². The maximum Gasteiger partial charge on any atom is 0.191 e. The summed E-state index contributed by atoms with van der Waals surface area (Å²) in [7, 11) is 1.81. The second kappa shape index (κ2) is 12.6. The molecule has 0 unspecified atom stereocenters. The summed E-state index contributed by atoms with van der Waals surface area (Å²) in [4.78, 5) is 11.0. The number of halogens is 1. The van der Waals surface area contributed by atoms with Gasteiger partial charge < -0.3 is 15.2 Å². The van der Waals surface area contributed by atoms with Crippen LogP contribution in [0.4, 0.5) is 0 Å². The van der Waals surface area contributed by atoms with Crippen molar-refractivity contribution in [3.05, 3.63) is 89.5 Å². The Morgan fingerprint density at radius 1 is 0.906 bits per heavy atom. The molecule has 7 heteroatoms. The highest BCUT2D eigenvalue weighted by Crippen LogP contribution is 2.13. The van der Waals surface area contributed by atoms with Crippen LogP contribution in [0.25, 0.3) is 0 Å². The van der Waals surface area contributed by atoms with Crippen molar-refractivity contribution in [1.29, 1.82) is 0 Å². The molecule has 1 fully saturated rings. The molecule has 4 rings (SSSR count). The van der Waals surface area contributed by atoms with Gasteiger partial charge in [-0.25, -0.2) is 4.98 Å². The van der Waals surface area contributed by atoms with Crippen LogP contribution >= 0.6 is 24.0 Å². The molecule has 0 bridgehead atoms. The summed E-state index contributed by atoms with van der Waals surface area (Å²) >= 11 is 0. The third kappa shape index (κ3) is 7.34. The summed E-state index contributed by atoms with van der Waals surface area (Å²) < 4.78 is 2.07. The Balaban J connectivity index is 0.00000289. The van der Waals surface area contributed by atoms with Crippen LogP contribution in [-0.4, -0.2) is 40.5 Å². The number of aliphatic imine (C=N–C) groups is 1. The molecule has 32 heavy (non-hydrogen) atoms. The summed E-state index contributed by atoms with van der Waals surface area (Å²) in [5.74, 6) is 0.807. The van der Waals surface area contributed by atoms with Gasteiger partial charge in [0.1, 0.15) is 0 Å². The lowest BCUT2D eigenvalue weighted by atomic mass is 10.1. The van der Waals surface area contributed by atoms with E-state index < -0.39 is 0 Å². The van der Waals surface area contributed by atoms with E-state index >= 15 is 0 Å². The minimum atomic E-state index is 0. The number of nitrogens with zero attached hydrogens (tertiary/aromatic N) is 4. The van der Waals surface area contributed by atoms with Crippen LogP contribution in [0.2, 0.25) is 0 Å². The third-order valence-electron chi connectivity index (χ3n) is 5.69. The highest BCUT2D eigenvalue weighted by Gasteiger charge is 2.11. The van der Waals surface area contributed by atoms with E-state index in [1.807, 2.05) is 25.8 Å². The minimum absolute atomic E-state index is 0. The van der Waals surface area contributed by atoms with E-state index in [1.54, 1.807) is 0 Å². The van der Waals surface area contributed by atoms with Gasteiger partial charge in [0.15, 0.2) is 5.96 Å². The Morgan fingerprint density at radius 3 is 2.28 bits per heavy atom. The maximum atomic E-state index is 4.36. The van der Waals surface area contributed by atoms with Gasteiger partial charge in [0.25, 0.3) is 0 Å². The van der Waals surface area contributed by atoms with Gasteiger partial charge in [-0.2, -0.15) is 0 Å². The van der Waals surface area contributed by atoms with Crippen molar-refractivity contribution in [3.63, 3.8) is 0 Å². The van der Waals surface area contributed by atoms with E-state index in [1.165, 1.54) is 48.2 Å². The van der Waals surface area contributed by atoms with E-state index in [2.05, 4.69) is 78.6 Å². The SMILES string of the molecule is CN=C(NCc1ccc(CN2CCCC2)cc1)NCc1cccc(Cn2ccnc2)c1.I. The summed E-state index contributed by atoms with van der Waals surface area (Å²) in [6, 6.07) is 17.5. The fourth-order valence-corrected chi connectivity index (χ4v) is 3.98. The second-order valence-electron chi connectivity index (χ2n) is 8.13. The molecule has 170 valence electrons. The van der Waals surface area contributed by atoms with E-state index in [0.29, 0.717) is 0 Å². The highest BCUT2D eigenvalue weighted by molar-refractivity contribution is 14.0. The van der Waals surface area contributed by atoms with Crippen LogP contribution in [0.3, 0.4) is 0 Å². The second-order valence-corrected chi connectivity index (χ2v) is 8.13. The smallest absolute Gasteiger partial charge is 0.191 e. The molecule has 2 aromatic carbocycles. The van der Waals surface area contributed by atoms with E-state index in [0.717, 1.165) is 32.1 Å². The monoisotopic (exact) mass is 544 g/mol. The summed E-state index contributed by atoms with van der Waals surface area (Å²) in [5, 5.41) is 6.83. The lowest BCUT2D eigenvalue weighted by Gasteiger charge is -2.15. The zero-order chi connectivity index (χ0) is 21.3. The first kappa shape index (κ1) is 24.3. The molecule has 0 atom stereocenters. The Kier molecular flexibility index (Phi) is 9.55. The van der Waals surface area contributed by atoms with Crippen LogP contribution in [0.1, 0.15) is 35.1 Å². The molecule has 1 saturated heterocycles. The molecule has 2 N–H and O–H groups in total. The molecule has 1 aromatic heterocycles. The molecule has 0 aliphatic carbocycles. The molecule has 1 aliphatic heterocycles. The van der Waals surface area contributed by atoms with Crippen molar-refractivity contribution in [3.8, 4) is 0 Å². The molecule has 1 aliphatic rings. The molecule has 0 spiro atoms. The minimum Gasteiger partial charge on any atom is -0.352 e. The summed E-state index contributed by atoms with van der Waals surface area (Å²) in [6.45, 7) is 5.84. The number of hydrogen-bond donors (Lipinski definition) is 2. The van der Waals surface area contributed by atoms with Crippen molar-refractivity contribution < 1.29 is 0 Å². The van der Waals surface area contributed by atoms with Crippen LogP contribution < -0.4 is 10.6 Å². The number of likely N-dealkylation sites (tertiary alicyclic amines) is 1. The standard InChI is InChI=1S/C25H32N6.HI/c1-26-25(28-16-21-7-9-22(10-8-21)18-30-12-2-3-13-30)29-17-23-5-4-6-24(15-23)19-31-14-11-27-20-31;/h4-11,14-15,20H,2-3,12-13,16-19H2,1H3,(H2,26,28,29);1H. The van der Waals surface area contributed by atoms with Gasteiger partial charge in [-0.3, -0.25) is 9.89 Å². The Morgan fingerprint density at radius 2 is 1.59 bits per heavy atom. The number of hydrogen-bond acceptors (Lipinski definition) is 3. The lowest BCUT2D eigenvalue weighted by molar-refractivity contribution is 0.331. The quantitative estimate of drug-likeness (QED) is 0.256. The van der Waals surface area contributed by atoms with Gasteiger partial charge in [0, 0.05) is 45.6 Å². The van der Waals surface area contributed by atoms with E-state index in [4.69, 9.17) is 0 Å². The van der Waals surface area contributed by atoms with Crippen molar-refractivity contribution in [2.45, 2.75) is 39.0 Å².